The van der Waals surface area contributed by atoms with E-state index in [-0.39, 0.29) is 79.9 Å². The van der Waals surface area contributed by atoms with Gasteiger partial charge in [0.25, 0.3) is 11.7 Å². The van der Waals surface area contributed by atoms with E-state index in [2.05, 4.69) is 19.1 Å². The van der Waals surface area contributed by atoms with Gasteiger partial charge in [0.05, 0.1) is 31.5 Å². The predicted molar refractivity (Wildman–Crippen MR) is 248 cm³/mol. The monoisotopic (exact) mass is 924 g/mol. The quantitative estimate of drug-likeness (QED) is 0.101. The molecule has 3 heterocycles. The van der Waals surface area contributed by atoms with Gasteiger partial charge in [-0.05, 0) is 132 Å². The fraction of sp³-hybridized carbons (Fsp3) is 0.712. The standard InChI is InChI=1S/C52H77NO13/c1-11-37-25-31(2)24-32(3)26-45(62-9)48-46(63-10)28-35(6)52(59,66-48)49(56)50(57)53-23-13-12-14-40(53)51(58)65-47(33(4)15-21-41(37)54)34(5)27-36-16-22-43(44(29-36)61-8)64-30-42(55)38-17-19-39(60-7)20-18-38/h17-20,25,27,32-33,35-37,40,43-48,59H,11-16,21-24,26,28-30H2,1-10H3. The Hall–Kier alpha value is -3.79. The molecule has 368 valence electrons. The molecular formula is C52H77NO13. The van der Waals surface area contributed by atoms with Crippen LogP contribution in [-0.2, 0) is 47.6 Å². The average molecular weight is 924 g/mol. The lowest BCUT2D eigenvalue weighted by Crippen LogP contribution is -2.64. The van der Waals surface area contributed by atoms with Crippen molar-refractivity contribution in [2.45, 2.75) is 167 Å². The maximum Gasteiger partial charge on any atom is 0.329 e. The number of fused-ring (bicyclic) bond motifs is 3. The molecule has 1 aromatic rings. The lowest BCUT2D eigenvalue weighted by molar-refractivity contribution is -0.302. The Morgan fingerprint density at radius 3 is 2.21 bits per heavy atom. The number of aliphatic hydroxyl groups is 1. The minimum absolute atomic E-state index is 0.0348. The topological polar surface area (TPSA) is 173 Å². The Balaban J connectivity index is 1.42. The molecule has 13 unspecified atom stereocenters. The molecule has 1 amide bonds. The number of ether oxygens (including phenoxy) is 7. The normalized spacial score (nSPS) is 35.0. The molecule has 3 fully saturated rings. The zero-order valence-corrected chi connectivity index (χ0v) is 41.1. The Labute approximate surface area is 392 Å². The lowest BCUT2D eigenvalue weighted by Gasteiger charge is -2.47. The number of ketones is 3. The molecule has 1 N–H and O–H groups in total. The number of hydrogen-bond acceptors (Lipinski definition) is 13. The first kappa shape index (κ1) is 53.2. The van der Waals surface area contributed by atoms with E-state index in [1.165, 1.54) is 4.90 Å². The summed E-state index contributed by atoms with van der Waals surface area (Å²) in [5, 5.41) is 12.1. The molecule has 0 aromatic heterocycles. The van der Waals surface area contributed by atoms with Gasteiger partial charge in [0.2, 0.25) is 5.79 Å². The molecule has 1 aliphatic carbocycles. The highest BCUT2D eigenvalue weighted by Gasteiger charge is 2.56. The van der Waals surface area contributed by atoms with Crippen LogP contribution in [-0.4, -0.2) is 129 Å². The molecule has 13 atom stereocenters. The summed E-state index contributed by atoms with van der Waals surface area (Å²) in [7, 11) is 6.31. The van der Waals surface area contributed by atoms with Gasteiger partial charge < -0.3 is 43.2 Å². The maximum atomic E-state index is 14.5. The molecule has 0 spiro atoms. The number of allylic oxidation sites excluding steroid dienone is 3. The van der Waals surface area contributed by atoms with Crippen LogP contribution in [0.2, 0.25) is 0 Å². The van der Waals surface area contributed by atoms with E-state index in [4.69, 9.17) is 33.2 Å². The van der Waals surface area contributed by atoms with Crippen LogP contribution in [0.3, 0.4) is 0 Å². The van der Waals surface area contributed by atoms with Crippen molar-refractivity contribution in [1.82, 2.24) is 4.90 Å². The molecule has 14 heteroatoms. The fourth-order valence-corrected chi connectivity index (χ4v) is 10.6. The fourth-order valence-electron chi connectivity index (χ4n) is 10.6. The number of piperidine rings is 1. The zero-order valence-electron chi connectivity index (χ0n) is 41.1. The smallest absolute Gasteiger partial charge is 0.329 e. The largest absolute Gasteiger partial charge is 0.497 e. The number of Topliss-reactive ketones (excluding diaryl/α,β-unsaturated/α-hetero) is 3. The summed E-state index contributed by atoms with van der Waals surface area (Å²) in [5.74, 6) is -5.90. The van der Waals surface area contributed by atoms with E-state index in [9.17, 15) is 29.1 Å². The van der Waals surface area contributed by atoms with Gasteiger partial charge in [0, 0.05) is 51.7 Å². The summed E-state index contributed by atoms with van der Waals surface area (Å²) >= 11 is 0. The van der Waals surface area contributed by atoms with Crippen molar-refractivity contribution < 1.29 is 62.2 Å². The maximum absolute atomic E-state index is 14.5. The Kier molecular flexibility index (Phi) is 19.7. The molecule has 0 radical (unpaired) electrons. The number of methoxy groups -OCH3 is 4. The third kappa shape index (κ3) is 13.0. The van der Waals surface area contributed by atoms with Crippen LogP contribution in [0.4, 0.5) is 0 Å². The number of hydrogen-bond donors (Lipinski definition) is 1. The number of carbonyl (C=O) groups is 5. The van der Waals surface area contributed by atoms with E-state index >= 15 is 0 Å². The molecule has 66 heavy (non-hydrogen) atoms. The van der Waals surface area contributed by atoms with Gasteiger partial charge in [0.1, 0.15) is 36.4 Å². The van der Waals surface area contributed by atoms with Gasteiger partial charge in [-0.3, -0.25) is 19.2 Å². The molecule has 3 aliphatic heterocycles. The highest BCUT2D eigenvalue weighted by atomic mass is 16.7. The summed E-state index contributed by atoms with van der Waals surface area (Å²) in [4.78, 5) is 71.3. The highest BCUT2D eigenvalue weighted by Crippen LogP contribution is 2.39. The summed E-state index contributed by atoms with van der Waals surface area (Å²) in [6.45, 7) is 11.7. The lowest BCUT2D eigenvalue weighted by atomic mass is 9.82. The Bertz CT molecular complexity index is 1880. The highest BCUT2D eigenvalue weighted by molar-refractivity contribution is 6.39. The van der Waals surface area contributed by atoms with E-state index < -0.39 is 59.8 Å². The van der Waals surface area contributed by atoms with Crippen molar-refractivity contribution in [2.24, 2.45) is 29.6 Å². The summed E-state index contributed by atoms with van der Waals surface area (Å²) in [6.07, 6.45) is 7.11. The van der Waals surface area contributed by atoms with Crippen LogP contribution in [0.25, 0.3) is 0 Å². The third-order valence-corrected chi connectivity index (χ3v) is 14.6. The number of esters is 1. The summed E-state index contributed by atoms with van der Waals surface area (Å²) < 4.78 is 41.8. The first-order chi connectivity index (χ1) is 31.5. The van der Waals surface area contributed by atoms with Crippen molar-refractivity contribution >= 4 is 29.2 Å². The van der Waals surface area contributed by atoms with Gasteiger partial charge in [-0.15, -0.1) is 0 Å². The average Bonchev–Trinajstić information content (AvgIpc) is 3.32. The first-order valence-electron chi connectivity index (χ1n) is 24.2. The van der Waals surface area contributed by atoms with Crippen molar-refractivity contribution in [2.75, 3.05) is 41.6 Å². The number of benzene rings is 1. The predicted octanol–water partition coefficient (Wildman–Crippen LogP) is 7.42. The van der Waals surface area contributed by atoms with Crippen molar-refractivity contribution in [3.05, 3.63) is 53.1 Å². The van der Waals surface area contributed by atoms with Crippen LogP contribution < -0.4 is 4.74 Å². The summed E-state index contributed by atoms with van der Waals surface area (Å²) in [5.41, 5.74) is 2.41. The van der Waals surface area contributed by atoms with Crippen LogP contribution >= 0.6 is 0 Å². The number of carbonyl (C=O) groups excluding carboxylic acids is 5. The van der Waals surface area contributed by atoms with E-state index in [0.717, 1.165) is 17.6 Å². The molecule has 14 nitrogen and oxygen atoms in total. The van der Waals surface area contributed by atoms with Gasteiger partial charge >= 0.3 is 5.97 Å². The minimum Gasteiger partial charge on any atom is -0.497 e. The van der Waals surface area contributed by atoms with Gasteiger partial charge in [-0.25, -0.2) is 4.79 Å². The number of amides is 1. The Morgan fingerprint density at radius 1 is 0.879 bits per heavy atom. The van der Waals surface area contributed by atoms with Crippen molar-refractivity contribution in [3.8, 4) is 5.75 Å². The Morgan fingerprint density at radius 2 is 1.56 bits per heavy atom. The number of rotatable bonds is 11. The zero-order chi connectivity index (χ0) is 48.3. The molecule has 4 aliphatic rings. The molecule has 2 saturated heterocycles. The van der Waals surface area contributed by atoms with Crippen molar-refractivity contribution in [3.63, 3.8) is 0 Å². The van der Waals surface area contributed by atoms with Gasteiger partial charge in [-0.1, -0.05) is 45.4 Å². The second kappa shape index (κ2) is 24.5. The van der Waals surface area contributed by atoms with Crippen LogP contribution in [0.5, 0.6) is 5.75 Å². The van der Waals surface area contributed by atoms with Crippen LogP contribution in [0.1, 0.15) is 129 Å². The molecule has 1 aromatic carbocycles. The van der Waals surface area contributed by atoms with Gasteiger partial charge in [-0.2, -0.15) is 0 Å². The third-order valence-electron chi connectivity index (χ3n) is 14.6. The number of cyclic esters (lactones) is 1. The van der Waals surface area contributed by atoms with Crippen LogP contribution in [0.15, 0.2) is 47.6 Å². The van der Waals surface area contributed by atoms with E-state index in [1.54, 1.807) is 59.6 Å². The second-order valence-electron chi connectivity index (χ2n) is 19.5. The number of nitrogens with zero attached hydrogens (tertiary/aromatic N) is 1. The SMILES string of the molecule is CCC1C=C(C)CC(C)CC(OC)C2OC(O)(C(=O)C(=O)N3CCCCC3C(=O)OC(C(C)=CC3CCC(OCC(=O)c4ccc(OC)cc4)C(OC)C3)C(C)CCC1=O)C(C)CC2OC. The molecule has 2 bridgehead atoms. The summed E-state index contributed by atoms with van der Waals surface area (Å²) in [6, 6.07) is 5.84. The second-order valence-corrected chi connectivity index (χ2v) is 19.5. The molecule has 5 rings (SSSR count). The van der Waals surface area contributed by atoms with Crippen molar-refractivity contribution in [1.29, 1.82) is 0 Å². The molecular weight excluding hydrogens is 847 g/mol. The van der Waals surface area contributed by atoms with E-state index in [0.29, 0.717) is 62.7 Å². The molecule has 1 saturated carbocycles. The minimum atomic E-state index is -2.49. The van der Waals surface area contributed by atoms with Gasteiger partial charge in [0.15, 0.2) is 5.78 Å². The first-order valence-corrected chi connectivity index (χ1v) is 24.2. The van der Waals surface area contributed by atoms with Crippen LogP contribution in [0, 0.1) is 29.6 Å². The van der Waals surface area contributed by atoms with E-state index in [1.807, 2.05) is 27.7 Å².